The molecule has 1 N–H and O–H groups in total. The molecule has 2 heterocycles. The number of benzene rings is 3. The van der Waals surface area contributed by atoms with Crippen molar-refractivity contribution in [2.45, 2.75) is 26.8 Å². The normalized spacial score (nSPS) is 12.0. The van der Waals surface area contributed by atoms with Crippen LogP contribution in [0.2, 0.25) is 0 Å². The fourth-order valence-corrected chi connectivity index (χ4v) is 5.39. The summed E-state index contributed by atoms with van der Waals surface area (Å²) in [5.41, 5.74) is 6.50. The fourth-order valence-electron chi connectivity index (χ4n) is 4.70. The molecule has 0 unspecified atom stereocenters. The van der Waals surface area contributed by atoms with Crippen LogP contribution in [-0.4, -0.2) is 34.5 Å². The molecule has 0 saturated heterocycles. The van der Waals surface area contributed by atoms with Gasteiger partial charge >= 0.3 is 0 Å². The quantitative estimate of drug-likeness (QED) is 0.0798. The summed E-state index contributed by atoms with van der Waals surface area (Å²) in [7, 11) is 0. The highest BCUT2D eigenvalue weighted by Gasteiger charge is 2.17. The molecule has 182 valence electrons. The molecule has 36 heavy (non-hydrogen) atoms. The number of ether oxygens (including phenoxy) is 1. The molecule has 0 aliphatic heterocycles. The maximum Gasteiger partial charge on any atom is 0.202 e. The summed E-state index contributed by atoms with van der Waals surface area (Å²) in [6.45, 7) is 6.02. The Balaban J connectivity index is 1.62. The number of carbonyl (C=O) groups excluding carboxylic acids is 1. The van der Waals surface area contributed by atoms with Crippen LogP contribution in [0.1, 0.15) is 38.8 Å². The maximum absolute atomic E-state index is 13.1. The average Bonchev–Trinajstić information content (AvgIpc) is 3.55. The monoisotopic (exact) mass is 496 g/mol. The predicted octanol–water partition coefficient (Wildman–Crippen LogP) is 6.85. The van der Waals surface area contributed by atoms with E-state index in [0.717, 1.165) is 43.4 Å². The molecule has 0 aliphatic rings. The Labute approximate surface area is 214 Å². The van der Waals surface area contributed by atoms with Gasteiger partial charge in [-0.1, -0.05) is 41.6 Å². The molecule has 0 atom stereocenters. The van der Waals surface area contributed by atoms with Gasteiger partial charge in [-0.3, -0.25) is 4.79 Å². The van der Waals surface area contributed by atoms with E-state index in [1.54, 1.807) is 0 Å². The van der Waals surface area contributed by atoms with Crippen LogP contribution in [0.5, 0.6) is 0 Å². The molecule has 6 heteroatoms. The summed E-state index contributed by atoms with van der Waals surface area (Å²) in [5, 5.41) is 17.5. The maximum atomic E-state index is 13.1. The van der Waals surface area contributed by atoms with Gasteiger partial charge in [0.25, 0.3) is 0 Å². The van der Waals surface area contributed by atoms with Crippen molar-refractivity contribution < 1.29 is 14.7 Å². The standard InChI is InChI=1S/C30H28N2O3S/c1-3-35-15-14-32-27-12-10-22(26(31-34)19-21-8-5-4-7-20(21)2)17-24(27)25-18-23(11-13-28(25)32)30(33)29-9-6-16-36-29/h4-13,16-18,34H,3,14-15,19H2,1-2H3/b31-26-. The Morgan fingerprint density at radius 3 is 2.36 bits per heavy atom. The molecular formula is C30H28N2O3S. The Morgan fingerprint density at radius 1 is 0.972 bits per heavy atom. The third-order valence-electron chi connectivity index (χ3n) is 6.61. The molecule has 0 amide bonds. The van der Waals surface area contributed by atoms with Crippen LogP contribution in [0.15, 0.2) is 83.3 Å². The van der Waals surface area contributed by atoms with E-state index in [0.29, 0.717) is 37.5 Å². The van der Waals surface area contributed by atoms with Crippen molar-refractivity contribution in [1.82, 2.24) is 4.57 Å². The molecule has 0 fully saturated rings. The van der Waals surface area contributed by atoms with Crippen molar-refractivity contribution in [2.75, 3.05) is 13.2 Å². The zero-order valence-corrected chi connectivity index (χ0v) is 21.2. The minimum Gasteiger partial charge on any atom is -0.411 e. The molecule has 0 radical (unpaired) electrons. The first-order valence-electron chi connectivity index (χ1n) is 12.1. The van der Waals surface area contributed by atoms with Crippen LogP contribution in [0.25, 0.3) is 21.8 Å². The number of ketones is 1. The Bertz CT molecular complexity index is 1560. The third kappa shape index (κ3) is 4.57. The lowest BCUT2D eigenvalue weighted by Crippen LogP contribution is -2.07. The van der Waals surface area contributed by atoms with Crippen molar-refractivity contribution in [3.05, 3.63) is 105 Å². The van der Waals surface area contributed by atoms with E-state index in [9.17, 15) is 10.0 Å². The Hall–Kier alpha value is -3.74. The zero-order valence-electron chi connectivity index (χ0n) is 20.4. The molecule has 0 saturated carbocycles. The van der Waals surface area contributed by atoms with Crippen LogP contribution >= 0.6 is 11.3 Å². The molecule has 5 nitrogen and oxygen atoms in total. The van der Waals surface area contributed by atoms with Gasteiger partial charge in [-0.25, -0.2) is 0 Å². The first kappa shape index (κ1) is 24.0. The smallest absolute Gasteiger partial charge is 0.202 e. The number of fused-ring (bicyclic) bond motifs is 3. The number of nitrogens with zero attached hydrogens (tertiary/aromatic N) is 2. The topological polar surface area (TPSA) is 63.8 Å². The van der Waals surface area contributed by atoms with Crippen molar-refractivity contribution in [2.24, 2.45) is 5.16 Å². The minimum absolute atomic E-state index is 0.0235. The number of aromatic nitrogens is 1. The summed E-state index contributed by atoms with van der Waals surface area (Å²) in [5.74, 6) is 0.0235. The average molecular weight is 497 g/mol. The van der Waals surface area contributed by atoms with E-state index in [4.69, 9.17) is 4.74 Å². The number of hydrogen-bond donors (Lipinski definition) is 1. The highest BCUT2D eigenvalue weighted by molar-refractivity contribution is 7.12. The number of oxime groups is 1. The molecule has 5 aromatic rings. The first-order valence-corrected chi connectivity index (χ1v) is 13.0. The second kappa shape index (κ2) is 10.5. The van der Waals surface area contributed by atoms with Gasteiger partial charge in [0.15, 0.2) is 0 Å². The second-order valence-electron chi connectivity index (χ2n) is 8.77. The van der Waals surface area contributed by atoms with E-state index in [2.05, 4.69) is 40.9 Å². The Morgan fingerprint density at radius 2 is 1.69 bits per heavy atom. The molecule has 2 aromatic heterocycles. The predicted molar refractivity (Wildman–Crippen MR) is 147 cm³/mol. The molecular weight excluding hydrogens is 468 g/mol. The van der Waals surface area contributed by atoms with Crippen molar-refractivity contribution in [3.63, 3.8) is 0 Å². The van der Waals surface area contributed by atoms with Gasteiger partial charge in [-0.05, 0) is 66.8 Å². The summed E-state index contributed by atoms with van der Waals surface area (Å²) in [6.07, 6.45) is 0.528. The minimum atomic E-state index is 0.0235. The largest absolute Gasteiger partial charge is 0.411 e. The van der Waals surface area contributed by atoms with E-state index in [1.165, 1.54) is 11.3 Å². The van der Waals surface area contributed by atoms with Gasteiger partial charge in [-0.2, -0.15) is 0 Å². The van der Waals surface area contributed by atoms with Gasteiger partial charge in [-0.15, -0.1) is 11.3 Å². The van der Waals surface area contributed by atoms with Crippen LogP contribution in [0.4, 0.5) is 0 Å². The lowest BCUT2D eigenvalue weighted by molar-refractivity contribution is 0.104. The molecule has 5 rings (SSSR count). The number of aryl methyl sites for hydroxylation is 1. The van der Waals surface area contributed by atoms with Crippen molar-refractivity contribution >= 4 is 44.6 Å². The number of thiophene rings is 1. The molecule has 0 bridgehead atoms. The zero-order chi connectivity index (χ0) is 25.1. The SMILES string of the molecule is CCOCCn1c2ccc(C(=O)c3cccs3)cc2c2cc(/C(Cc3ccccc3C)=N\O)ccc21. The second-order valence-corrected chi connectivity index (χ2v) is 9.72. The number of hydrogen-bond acceptors (Lipinski definition) is 5. The first-order chi connectivity index (χ1) is 17.6. The van der Waals surface area contributed by atoms with E-state index >= 15 is 0 Å². The van der Waals surface area contributed by atoms with Crippen LogP contribution < -0.4 is 0 Å². The number of rotatable bonds is 9. The van der Waals surface area contributed by atoms with Crippen molar-refractivity contribution in [3.8, 4) is 0 Å². The van der Waals surface area contributed by atoms with Gasteiger partial charge in [0, 0.05) is 52.5 Å². The van der Waals surface area contributed by atoms with Crippen molar-refractivity contribution in [1.29, 1.82) is 0 Å². The van der Waals surface area contributed by atoms with E-state index in [-0.39, 0.29) is 5.78 Å². The number of carbonyl (C=O) groups is 1. The summed E-state index contributed by atoms with van der Waals surface area (Å²) in [6, 6.07) is 23.9. The lowest BCUT2D eigenvalue weighted by atomic mass is 9.97. The van der Waals surface area contributed by atoms with Gasteiger partial charge in [0.2, 0.25) is 5.78 Å². The van der Waals surface area contributed by atoms with Crippen LogP contribution in [-0.2, 0) is 17.7 Å². The van der Waals surface area contributed by atoms with Gasteiger partial charge in [0.05, 0.1) is 17.2 Å². The van der Waals surface area contributed by atoms with E-state index < -0.39 is 0 Å². The summed E-state index contributed by atoms with van der Waals surface area (Å²) < 4.78 is 7.88. The third-order valence-corrected chi connectivity index (χ3v) is 7.48. The Kier molecular flexibility index (Phi) is 6.98. The van der Waals surface area contributed by atoms with Gasteiger partial charge in [0.1, 0.15) is 0 Å². The lowest BCUT2D eigenvalue weighted by Gasteiger charge is -2.10. The molecule has 0 spiro atoms. The summed E-state index contributed by atoms with van der Waals surface area (Å²) >= 11 is 1.45. The molecule has 3 aromatic carbocycles. The van der Waals surface area contributed by atoms with Gasteiger partial charge < -0.3 is 14.5 Å². The van der Waals surface area contributed by atoms with Crippen LogP contribution in [0.3, 0.4) is 0 Å². The highest BCUT2D eigenvalue weighted by Crippen LogP contribution is 2.32. The van der Waals surface area contributed by atoms with Crippen LogP contribution in [0, 0.1) is 6.92 Å². The van der Waals surface area contributed by atoms with E-state index in [1.807, 2.05) is 60.8 Å². The summed E-state index contributed by atoms with van der Waals surface area (Å²) in [4.78, 5) is 13.8. The molecule has 0 aliphatic carbocycles. The fraction of sp³-hybridized carbons (Fsp3) is 0.200. The highest BCUT2D eigenvalue weighted by atomic mass is 32.1.